The van der Waals surface area contributed by atoms with E-state index in [0.29, 0.717) is 5.56 Å². The highest BCUT2D eigenvalue weighted by Gasteiger charge is 2.35. The number of aliphatic hydroxyl groups is 1. The van der Waals surface area contributed by atoms with Crippen LogP contribution in [0.15, 0.2) is 15.8 Å². The van der Waals surface area contributed by atoms with Crippen molar-refractivity contribution >= 4 is 7.52 Å². The zero-order valence-electron chi connectivity index (χ0n) is 11.7. The number of hydrogen-bond acceptors (Lipinski definition) is 5. The standard InChI is InChI=1S/C11H18N3O6P/c1-7-3-14(11(17)12-10(7)16)9-5-13(21(2,18)19)4-8(6-15)20-9/h3,8-9,15H,4-6H2,1-2H3,(H,18,19)(H,12,16,17)/t8-,9+/m0/s1. The molecule has 0 saturated carbocycles. The molecule has 0 aromatic carbocycles. The van der Waals surface area contributed by atoms with Gasteiger partial charge in [-0.2, -0.15) is 0 Å². The topological polar surface area (TPSA) is 125 Å². The molecule has 2 heterocycles. The van der Waals surface area contributed by atoms with E-state index < -0.39 is 31.1 Å². The number of aromatic nitrogens is 2. The second kappa shape index (κ2) is 5.86. The first-order valence-corrected chi connectivity index (χ1v) is 8.42. The van der Waals surface area contributed by atoms with E-state index in [0.717, 1.165) is 4.57 Å². The molecule has 118 valence electrons. The third kappa shape index (κ3) is 3.50. The van der Waals surface area contributed by atoms with Gasteiger partial charge in [-0.1, -0.05) is 0 Å². The number of H-pyrrole nitrogens is 1. The predicted molar refractivity (Wildman–Crippen MR) is 74.4 cm³/mol. The SMILES string of the molecule is Cc1cn([C@H]2CN(P(C)(=O)O)C[C@@H](CO)O2)c(=O)[nH]c1=O. The van der Waals surface area contributed by atoms with Crippen molar-refractivity contribution in [3.63, 3.8) is 0 Å². The summed E-state index contributed by atoms with van der Waals surface area (Å²) in [6.45, 7) is 2.48. The summed E-state index contributed by atoms with van der Waals surface area (Å²) in [6, 6.07) is 0. The van der Waals surface area contributed by atoms with Gasteiger partial charge < -0.3 is 14.7 Å². The molecule has 9 nitrogen and oxygen atoms in total. The Balaban J connectivity index is 2.38. The molecule has 3 atom stereocenters. The largest absolute Gasteiger partial charge is 0.394 e. The van der Waals surface area contributed by atoms with Gasteiger partial charge >= 0.3 is 5.69 Å². The van der Waals surface area contributed by atoms with E-state index in [4.69, 9.17) is 4.74 Å². The zero-order valence-corrected chi connectivity index (χ0v) is 12.6. The molecule has 0 bridgehead atoms. The molecule has 21 heavy (non-hydrogen) atoms. The summed E-state index contributed by atoms with van der Waals surface area (Å²) < 4.78 is 19.8. The number of nitrogens with one attached hydrogen (secondary N) is 1. The van der Waals surface area contributed by atoms with Crippen LogP contribution in [-0.4, -0.2) is 56.7 Å². The first kappa shape index (κ1) is 16.1. The smallest absolute Gasteiger partial charge is 0.330 e. The third-order valence-electron chi connectivity index (χ3n) is 3.32. The molecule has 1 aromatic rings. The minimum atomic E-state index is -3.53. The molecule has 0 amide bonds. The monoisotopic (exact) mass is 319 g/mol. The number of rotatable bonds is 3. The predicted octanol–water partition coefficient (Wildman–Crippen LogP) is -1.15. The number of hydrogen-bond donors (Lipinski definition) is 3. The average Bonchev–Trinajstić information content (AvgIpc) is 2.41. The Labute approximate surface area is 120 Å². The Morgan fingerprint density at radius 3 is 2.71 bits per heavy atom. The normalized spacial score (nSPS) is 26.5. The molecule has 1 unspecified atom stereocenters. The molecule has 1 aromatic heterocycles. The lowest BCUT2D eigenvalue weighted by Crippen LogP contribution is -2.48. The van der Waals surface area contributed by atoms with Crippen molar-refractivity contribution in [3.05, 3.63) is 32.6 Å². The summed E-state index contributed by atoms with van der Waals surface area (Å²) in [5, 5.41) is 9.24. The second-order valence-corrected chi connectivity index (χ2v) is 7.32. The van der Waals surface area contributed by atoms with Crippen LogP contribution in [0.25, 0.3) is 0 Å². The first-order chi connectivity index (χ1) is 9.72. The van der Waals surface area contributed by atoms with E-state index >= 15 is 0 Å². The molecule has 0 aliphatic carbocycles. The van der Waals surface area contributed by atoms with Crippen LogP contribution < -0.4 is 11.2 Å². The van der Waals surface area contributed by atoms with Crippen LogP contribution in [0.5, 0.6) is 0 Å². The maximum atomic E-state index is 11.9. The van der Waals surface area contributed by atoms with Gasteiger partial charge in [-0.15, -0.1) is 0 Å². The molecule has 0 spiro atoms. The van der Waals surface area contributed by atoms with Crippen molar-refractivity contribution < 1.29 is 19.3 Å². The minimum Gasteiger partial charge on any atom is -0.394 e. The van der Waals surface area contributed by atoms with Gasteiger partial charge in [0.2, 0.25) is 0 Å². The maximum absolute atomic E-state index is 11.9. The van der Waals surface area contributed by atoms with E-state index in [9.17, 15) is 24.2 Å². The van der Waals surface area contributed by atoms with Gasteiger partial charge in [0.1, 0.15) is 0 Å². The Bertz CT molecular complexity index is 677. The van der Waals surface area contributed by atoms with Crippen LogP contribution in [0.2, 0.25) is 0 Å². The van der Waals surface area contributed by atoms with E-state index in [1.54, 1.807) is 0 Å². The second-order valence-electron chi connectivity index (χ2n) is 5.08. The third-order valence-corrected chi connectivity index (χ3v) is 4.69. The minimum absolute atomic E-state index is 0.00612. The van der Waals surface area contributed by atoms with Gasteiger partial charge in [-0.3, -0.25) is 18.9 Å². The highest BCUT2D eigenvalue weighted by Crippen LogP contribution is 2.43. The molecule has 2 rings (SSSR count). The number of ether oxygens (including phenoxy) is 1. The fraction of sp³-hybridized carbons (Fsp3) is 0.636. The zero-order chi connectivity index (χ0) is 15.8. The van der Waals surface area contributed by atoms with Crippen LogP contribution in [0.3, 0.4) is 0 Å². The van der Waals surface area contributed by atoms with Crippen molar-refractivity contribution in [2.24, 2.45) is 0 Å². The Morgan fingerprint density at radius 2 is 2.14 bits per heavy atom. The molecule has 1 fully saturated rings. The summed E-state index contributed by atoms with van der Waals surface area (Å²) >= 11 is 0. The molecule has 1 saturated heterocycles. The lowest BCUT2D eigenvalue weighted by molar-refractivity contribution is -0.120. The van der Waals surface area contributed by atoms with Crippen molar-refractivity contribution in [2.75, 3.05) is 26.4 Å². The number of morpholine rings is 1. The van der Waals surface area contributed by atoms with Crippen molar-refractivity contribution in [3.8, 4) is 0 Å². The summed E-state index contributed by atoms with van der Waals surface area (Å²) in [6.07, 6.45) is -0.218. The summed E-state index contributed by atoms with van der Waals surface area (Å²) in [5.74, 6) is 0. The maximum Gasteiger partial charge on any atom is 0.330 e. The summed E-state index contributed by atoms with van der Waals surface area (Å²) in [5.41, 5.74) is -0.844. The van der Waals surface area contributed by atoms with Gasteiger partial charge in [-0.05, 0) is 6.92 Å². The summed E-state index contributed by atoms with van der Waals surface area (Å²) in [7, 11) is -3.53. The van der Waals surface area contributed by atoms with Crippen molar-refractivity contribution in [1.29, 1.82) is 0 Å². The van der Waals surface area contributed by atoms with Crippen LogP contribution in [0.1, 0.15) is 11.8 Å². The van der Waals surface area contributed by atoms with Gasteiger partial charge in [0, 0.05) is 25.0 Å². The van der Waals surface area contributed by atoms with Gasteiger partial charge in [0.05, 0.1) is 19.3 Å². The van der Waals surface area contributed by atoms with Gasteiger partial charge in [0.25, 0.3) is 13.1 Å². The molecular weight excluding hydrogens is 301 g/mol. The summed E-state index contributed by atoms with van der Waals surface area (Å²) in [4.78, 5) is 35.1. The van der Waals surface area contributed by atoms with E-state index in [-0.39, 0.29) is 19.7 Å². The molecule has 10 heteroatoms. The Hall–Kier alpha value is -1.25. The van der Waals surface area contributed by atoms with Crippen LogP contribution in [-0.2, 0) is 9.30 Å². The molecule has 3 N–H and O–H groups in total. The van der Waals surface area contributed by atoms with Crippen LogP contribution in [0, 0.1) is 6.92 Å². The number of aryl methyl sites for hydroxylation is 1. The molecular formula is C11H18N3O6P. The van der Waals surface area contributed by atoms with Crippen molar-refractivity contribution in [2.45, 2.75) is 19.3 Å². The first-order valence-electron chi connectivity index (χ1n) is 6.36. The average molecular weight is 319 g/mol. The fourth-order valence-corrected chi connectivity index (χ4v) is 3.08. The van der Waals surface area contributed by atoms with Crippen LogP contribution >= 0.6 is 7.52 Å². The van der Waals surface area contributed by atoms with E-state index in [1.165, 1.54) is 24.5 Å². The Kier molecular flexibility index (Phi) is 4.50. The number of aliphatic hydroxyl groups excluding tert-OH is 1. The lowest BCUT2D eigenvalue weighted by Gasteiger charge is -2.38. The van der Waals surface area contributed by atoms with E-state index in [1.807, 2.05) is 0 Å². The highest BCUT2D eigenvalue weighted by molar-refractivity contribution is 7.54. The Morgan fingerprint density at radius 1 is 1.48 bits per heavy atom. The number of aromatic amines is 1. The fourth-order valence-electron chi connectivity index (χ4n) is 2.16. The number of nitrogens with zero attached hydrogens (tertiary/aromatic N) is 2. The quantitative estimate of drug-likeness (QED) is 0.601. The van der Waals surface area contributed by atoms with Gasteiger partial charge in [0.15, 0.2) is 6.23 Å². The molecule has 1 aliphatic heterocycles. The van der Waals surface area contributed by atoms with E-state index in [2.05, 4.69) is 4.98 Å². The van der Waals surface area contributed by atoms with Crippen molar-refractivity contribution in [1.82, 2.24) is 14.2 Å². The molecule has 1 aliphatic rings. The lowest BCUT2D eigenvalue weighted by atomic mass is 10.3. The molecule has 0 radical (unpaired) electrons. The van der Waals surface area contributed by atoms with Crippen LogP contribution in [0.4, 0.5) is 0 Å². The van der Waals surface area contributed by atoms with Gasteiger partial charge in [-0.25, -0.2) is 9.46 Å². The highest BCUT2D eigenvalue weighted by atomic mass is 31.2.